The van der Waals surface area contributed by atoms with Gasteiger partial charge in [0.15, 0.2) is 0 Å². The second-order valence-electron chi connectivity index (χ2n) is 3.46. The Labute approximate surface area is 90.9 Å². The van der Waals surface area contributed by atoms with Crippen molar-refractivity contribution < 1.29 is 4.79 Å². The molecule has 82 valence electrons. The first-order chi connectivity index (χ1) is 7.26. The number of aryl methyl sites for hydroxylation is 1. The second-order valence-corrected chi connectivity index (χ2v) is 3.46. The van der Waals surface area contributed by atoms with E-state index in [4.69, 9.17) is 0 Å². The summed E-state index contributed by atoms with van der Waals surface area (Å²) >= 11 is 0. The molecular formula is C12H18N2O. The molecule has 0 radical (unpaired) electrons. The summed E-state index contributed by atoms with van der Waals surface area (Å²) in [5.74, 6) is 0.0533. The van der Waals surface area contributed by atoms with Gasteiger partial charge in [-0.1, -0.05) is 19.1 Å². The largest absolute Gasteiger partial charge is 0.326 e. The highest BCUT2D eigenvalue weighted by Gasteiger charge is 2.01. The van der Waals surface area contributed by atoms with Crippen LogP contribution in [0.5, 0.6) is 0 Å². The molecule has 0 heterocycles. The lowest BCUT2D eigenvalue weighted by Crippen LogP contribution is -2.18. The first-order valence-corrected chi connectivity index (χ1v) is 5.29. The number of hydrogen-bond acceptors (Lipinski definition) is 2. The van der Waals surface area contributed by atoms with Crippen molar-refractivity contribution in [2.45, 2.75) is 19.8 Å². The topological polar surface area (TPSA) is 41.1 Å². The van der Waals surface area contributed by atoms with Gasteiger partial charge in [-0.05, 0) is 31.2 Å². The van der Waals surface area contributed by atoms with E-state index in [1.165, 1.54) is 5.56 Å². The number of nitrogens with one attached hydrogen (secondary N) is 2. The number of benzene rings is 1. The first-order valence-electron chi connectivity index (χ1n) is 5.29. The fourth-order valence-electron chi connectivity index (χ4n) is 1.33. The molecule has 0 aliphatic heterocycles. The van der Waals surface area contributed by atoms with Crippen LogP contribution in [0, 0.1) is 0 Å². The van der Waals surface area contributed by atoms with Crippen molar-refractivity contribution >= 4 is 11.6 Å². The molecular weight excluding hydrogens is 188 g/mol. The molecule has 3 heteroatoms. The zero-order valence-electron chi connectivity index (χ0n) is 9.34. The van der Waals surface area contributed by atoms with Gasteiger partial charge in [0.2, 0.25) is 5.91 Å². The number of hydrogen-bond donors (Lipinski definition) is 2. The number of carbonyl (C=O) groups excluding carboxylic acids is 1. The molecule has 3 nitrogen and oxygen atoms in total. The molecule has 15 heavy (non-hydrogen) atoms. The Morgan fingerprint density at radius 1 is 1.40 bits per heavy atom. The van der Waals surface area contributed by atoms with Crippen molar-refractivity contribution in [2.24, 2.45) is 0 Å². The molecule has 0 aliphatic rings. The van der Waals surface area contributed by atoms with Crippen LogP contribution in [0.3, 0.4) is 0 Å². The molecule has 0 aromatic heterocycles. The molecule has 0 unspecified atom stereocenters. The Morgan fingerprint density at radius 2 is 2.20 bits per heavy atom. The lowest BCUT2D eigenvalue weighted by atomic mass is 10.1. The van der Waals surface area contributed by atoms with Gasteiger partial charge in [-0.15, -0.1) is 0 Å². The maximum atomic E-state index is 11.4. The Morgan fingerprint density at radius 3 is 2.87 bits per heavy atom. The highest BCUT2D eigenvalue weighted by atomic mass is 16.1. The SMILES string of the molecule is CCc1cccc(NC(=O)CCNC)c1. The summed E-state index contributed by atoms with van der Waals surface area (Å²) in [4.78, 5) is 11.4. The van der Waals surface area contributed by atoms with Crippen LogP contribution in [0.1, 0.15) is 18.9 Å². The van der Waals surface area contributed by atoms with Crippen LogP contribution < -0.4 is 10.6 Å². The third-order valence-corrected chi connectivity index (χ3v) is 2.22. The van der Waals surface area contributed by atoms with Crippen LogP contribution in [-0.4, -0.2) is 19.5 Å². The smallest absolute Gasteiger partial charge is 0.225 e. The fraction of sp³-hybridized carbons (Fsp3) is 0.417. The summed E-state index contributed by atoms with van der Waals surface area (Å²) in [6.07, 6.45) is 1.49. The maximum absolute atomic E-state index is 11.4. The minimum Gasteiger partial charge on any atom is -0.326 e. The zero-order chi connectivity index (χ0) is 11.1. The molecule has 0 saturated heterocycles. The molecule has 1 rings (SSSR count). The van der Waals surface area contributed by atoms with Gasteiger partial charge in [-0.25, -0.2) is 0 Å². The van der Waals surface area contributed by atoms with Crippen LogP contribution in [0.15, 0.2) is 24.3 Å². The summed E-state index contributed by atoms with van der Waals surface area (Å²) in [5.41, 5.74) is 2.12. The van der Waals surface area contributed by atoms with Crippen molar-refractivity contribution in [1.29, 1.82) is 0 Å². The molecule has 1 aromatic rings. The van der Waals surface area contributed by atoms with Gasteiger partial charge >= 0.3 is 0 Å². The van der Waals surface area contributed by atoms with E-state index in [-0.39, 0.29) is 5.91 Å². The summed E-state index contributed by atoms with van der Waals surface area (Å²) in [7, 11) is 1.84. The third kappa shape index (κ3) is 4.13. The normalized spacial score (nSPS) is 10.0. The van der Waals surface area contributed by atoms with Gasteiger partial charge in [-0.3, -0.25) is 4.79 Å². The van der Waals surface area contributed by atoms with Crippen molar-refractivity contribution in [3.05, 3.63) is 29.8 Å². The monoisotopic (exact) mass is 206 g/mol. The molecule has 0 saturated carbocycles. The van der Waals surface area contributed by atoms with Crippen LogP contribution >= 0.6 is 0 Å². The minimum absolute atomic E-state index is 0.0533. The molecule has 0 atom stereocenters. The van der Waals surface area contributed by atoms with E-state index in [0.29, 0.717) is 13.0 Å². The van der Waals surface area contributed by atoms with Crippen LogP contribution in [-0.2, 0) is 11.2 Å². The fourth-order valence-corrected chi connectivity index (χ4v) is 1.33. The van der Waals surface area contributed by atoms with E-state index in [2.05, 4.69) is 23.6 Å². The lowest BCUT2D eigenvalue weighted by Gasteiger charge is -2.06. The standard InChI is InChI=1S/C12H18N2O/c1-3-10-5-4-6-11(9-10)14-12(15)7-8-13-2/h4-6,9,13H,3,7-8H2,1-2H3,(H,14,15). The number of carbonyl (C=O) groups is 1. The van der Waals surface area contributed by atoms with Gasteiger partial charge < -0.3 is 10.6 Å². The number of anilines is 1. The van der Waals surface area contributed by atoms with Crippen molar-refractivity contribution in [3.8, 4) is 0 Å². The molecule has 1 amide bonds. The van der Waals surface area contributed by atoms with E-state index in [1.54, 1.807) is 0 Å². The Kier molecular flexibility index (Phi) is 4.84. The van der Waals surface area contributed by atoms with E-state index in [9.17, 15) is 4.79 Å². The van der Waals surface area contributed by atoms with Gasteiger partial charge in [-0.2, -0.15) is 0 Å². The molecule has 0 spiro atoms. The van der Waals surface area contributed by atoms with Crippen molar-refractivity contribution in [3.63, 3.8) is 0 Å². The van der Waals surface area contributed by atoms with Gasteiger partial charge in [0, 0.05) is 18.7 Å². The summed E-state index contributed by atoms with van der Waals surface area (Å²) in [5, 5.41) is 5.82. The van der Waals surface area contributed by atoms with E-state index in [1.807, 2.05) is 25.2 Å². The Bertz CT molecular complexity index is 323. The average molecular weight is 206 g/mol. The van der Waals surface area contributed by atoms with E-state index < -0.39 is 0 Å². The molecule has 1 aromatic carbocycles. The number of amides is 1. The van der Waals surface area contributed by atoms with Gasteiger partial charge in [0.1, 0.15) is 0 Å². The number of rotatable bonds is 5. The Hall–Kier alpha value is -1.35. The summed E-state index contributed by atoms with van der Waals surface area (Å²) in [6.45, 7) is 2.81. The average Bonchev–Trinajstić information content (AvgIpc) is 2.26. The van der Waals surface area contributed by atoms with Crippen LogP contribution in [0.4, 0.5) is 5.69 Å². The summed E-state index contributed by atoms with van der Waals surface area (Å²) in [6, 6.07) is 7.95. The Balaban J connectivity index is 2.52. The predicted molar refractivity (Wildman–Crippen MR) is 63.0 cm³/mol. The maximum Gasteiger partial charge on any atom is 0.225 e. The van der Waals surface area contributed by atoms with Crippen molar-refractivity contribution in [1.82, 2.24) is 5.32 Å². The van der Waals surface area contributed by atoms with E-state index in [0.717, 1.165) is 12.1 Å². The zero-order valence-corrected chi connectivity index (χ0v) is 9.34. The third-order valence-electron chi connectivity index (χ3n) is 2.22. The van der Waals surface area contributed by atoms with Gasteiger partial charge in [0.25, 0.3) is 0 Å². The van der Waals surface area contributed by atoms with Crippen LogP contribution in [0.2, 0.25) is 0 Å². The quantitative estimate of drug-likeness (QED) is 0.771. The second kappa shape index (κ2) is 6.19. The molecule has 0 bridgehead atoms. The van der Waals surface area contributed by atoms with Crippen molar-refractivity contribution in [2.75, 3.05) is 18.9 Å². The highest BCUT2D eigenvalue weighted by Crippen LogP contribution is 2.11. The molecule has 0 fully saturated rings. The molecule has 0 aliphatic carbocycles. The van der Waals surface area contributed by atoms with Crippen LogP contribution in [0.25, 0.3) is 0 Å². The highest BCUT2D eigenvalue weighted by molar-refractivity contribution is 5.90. The van der Waals surface area contributed by atoms with Gasteiger partial charge in [0.05, 0.1) is 0 Å². The lowest BCUT2D eigenvalue weighted by molar-refractivity contribution is -0.116. The van der Waals surface area contributed by atoms with E-state index >= 15 is 0 Å². The molecule has 2 N–H and O–H groups in total. The predicted octanol–water partition coefficient (Wildman–Crippen LogP) is 1.80. The minimum atomic E-state index is 0.0533. The first kappa shape index (κ1) is 11.7. The summed E-state index contributed by atoms with van der Waals surface area (Å²) < 4.78 is 0.